The summed E-state index contributed by atoms with van der Waals surface area (Å²) in [6.07, 6.45) is 5.20. The number of benzene rings is 2. The maximum Gasteiger partial charge on any atom is 0.137 e. The Balaban J connectivity index is 1.46. The molecule has 1 unspecified atom stereocenters. The van der Waals surface area contributed by atoms with Crippen molar-refractivity contribution in [2.75, 3.05) is 7.11 Å². The van der Waals surface area contributed by atoms with E-state index in [4.69, 9.17) is 4.74 Å². The molecule has 0 aliphatic carbocycles. The number of rotatable bonds is 8. The molecule has 7 nitrogen and oxygen atoms in total. The first-order valence-corrected chi connectivity index (χ1v) is 9.97. The van der Waals surface area contributed by atoms with Gasteiger partial charge < -0.3 is 10.1 Å². The maximum atomic E-state index is 5.51. The predicted molar refractivity (Wildman–Crippen MR) is 116 cm³/mol. The smallest absolute Gasteiger partial charge is 0.137 e. The van der Waals surface area contributed by atoms with Gasteiger partial charge >= 0.3 is 0 Å². The lowest BCUT2D eigenvalue weighted by molar-refractivity contribution is 0.407. The van der Waals surface area contributed by atoms with Crippen LogP contribution in [-0.4, -0.2) is 31.7 Å². The van der Waals surface area contributed by atoms with Crippen LogP contribution in [-0.2, 0) is 13.1 Å². The highest BCUT2D eigenvalue weighted by atomic mass is 16.5. The van der Waals surface area contributed by atoms with Crippen LogP contribution in [0, 0.1) is 6.92 Å². The van der Waals surface area contributed by atoms with Crippen LogP contribution in [0.1, 0.15) is 35.3 Å². The number of hydrogen-bond donors (Lipinski definition) is 1. The molecule has 154 valence electrons. The van der Waals surface area contributed by atoms with E-state index < -0.39 is 0 Å². The van der Waals surface area contributed by atoms with Crippen molar-refractivity contribution in [3.8, 4) is 11.4 Å². The third-order valence-corrected chi connectivity index (χ3v) is 5.27. The van der Waals surface area contributed by atoms with Gasteiger partial charge in [0.25, 0.3) is 0 Å². The lowest BCUT2D eigenvalue weighted by Crippen LogP contribution is -2.19. The molecular formula is C23H26N6O. The quantitative estimate of drug-likeness (QED) is 0.487. The first-order chi connectivity index (χ1) is 14.7. The van der Waals surface area contributed by atoms with E-state index in [0.29, 0.717) is 6.54 Å². The SMILES string of the molecule is COc1ccc(CNC(C)c2cnn(-c3ccccc3)c2C)cc1Cn1cncn1. The molecule has 30 heavy (non-hydrogen) atoms. The molecule has 0 bridgehead atoms. The Labute approximate surface area is 176 Å². The highest BCUT2D eigenvalue weighted by molar-refractivity contribution is 5.38. The van der Waals surface area contributed by atoms with Crippen LogP contribution in [0.3, 0.4) is 0 Å². The standard InChI is InChI=1S/C23H26N6O/c1-17(22-13-26-29(18(22)2)21-7-5-4-6-8-21)25-12-19-9-10-23(30-3)20(11-19)14-28-16-24-15-27-28/h4-11,13,15-17,25H,12,14H2,1-3H3. The first kappa shape index (κ1) is 19.8. The highest BCUT2D eigenvalue weighted by Crippen LogP contribution is 2.23. The second kappa shape index (κ2) is 8.92. The van der Waals surface area contributed by atoms with Gasteiger partial charge in [-0.05, 0) is 43.7 Å². The second-order valence-corrected chi connectivity index (χ2v) is 7.27. The summed E-state index contributed by atoms with van der Waals surface area (Å²) < 4.78 is 9.29. The van der Waals surface area contributed by atoms with Crippen molar-refractivity contribution < 1.29 is 4.74 Å². The molecule has 4 rings (SSSR count). The highest BCUT2D eigenvalue weighted by Gasteiger charge is 2.14. The Morgan fingerprint density at radius 3 is 2.67 bits per heavy atom. The molecule has 7 heteroatoms. The molecule has 0 aliphatic heterocycles. The maximum absolute atomic E-state index is 5.51. The van der Waals surface area contributed by atoms with E-state index in [-0.39, 0.29) is 6.04 Å². The Morgan fingerprint density at radius 1 is 1.10 bits per heavy atom. The van der Waals surface area contributed by atoms with E-state index in [9.17, 15) is 0 Å². The van der Waals surface area contributed by atoms with Gasteiger partial charge in [-0.2, -0.15) is 10.2 Å². The van der Waals surface area contributed by atoms with E-state index in [1.807, 2.05) is 35.1 Å². The molecule has 0 spiro atoms. The van der Waals surface area contributed by atoms with E-state index in [2.05, 4.69) is 58.6 Å². The van der Waals surface area contributed by atoms with Gasteiger partial charge in [0.2, 0.25) is 0 Å². The molecular weight excluding hydrogens is 376 g/mol. The Kier molecular flexibility index (Phi) is 5.90. The largest absolute Gasteiger partial charge is 0.496 e. The number of methoxy groups -OCH3 is 1. The van der Waals surface area contributed by atoms with Crippen LogP contribution in [0.5, 0.6) is 5.75 Å². The number of hydrogen-bond acceptors (Lipinski definition) is 5. The molecule has 1 atom stereocenters. The number of ether oxygens (including phenoxy) is 1. The summed E-state index contributed by atoms with van der Waals surface area (Å²) in [6, 6.07) is 16.6. The average Bonchev–Trinajstić information content (AvgIpc) is 3.42. The van der Waals surface area contributed by atoms with Crippen molar-refractivity contribution in [1.82, 2.24) is 29.9 Å². The van der Waals surface area contributed by atoms with Crippen LogP contribution >= 0.6 is 0 Å². The van der Waals surface area contributed by atoms with E-state index in [1.54, 1.807) is 18.1 Å². The minimum atomic E-state index is 0.170. The zero-order valence-electron chi connectivity index (χ0n) is 17.5. The summed E-state index contributed by atoms with van der Waals surface area (Å²) in [6.45, 7) is 5.64. The molecule has 0 saturated carbocycles. The molecule has 0 amide bonds. The van der Waals surface area contributed by atoms with Crippen molar-refractivity contribution in [2.24, 2.45) is 0 Å². The van der Waals surface area contributed by atoms with Gasteiger partial charge in [0.15, 0.2) is 0 Å². The molecule has 2 aromatic carbocycles. The van der Waals surface area contributed by atoms with Crippen molar-refractivity contribution in [1.29, 1.82) is 0 Å². The van der Waals surface area contributed by atoms with E-state index >= 15 is 0 Å². The van der Waals surface area contributed by atoms with E-state index in [1.165, 1.54) is 17.5 Å². The van der Waals surface area contributed by atoms with Gasteiger partial charge in [-0.15, -0.1) is 0 Å². The lowest BCUT2D eigenvalue weighted by atomic mass is 10.1. The molecule has 0 saturated heterocycles. The molecule has 2 aromatic heterocycles. The van der Waals surface area contributed by atoms with Gasteiger partial charge in [0.05, 0.1) is 25.5 Å². The Morgan fingerprint density at radius 2 is 1.93 bits per heavy atom. The number of aromatic nitrogens is 5. The second-order valence-electron chi connectivity index (χ2n) is 7.27. The van der Waals surface area contributed by atoms with E-state index in [0.717, 1.165) is 29.2 Å². The Hall–Kier alpha value is -3.45. The summed E-state index contributed by atoms with van der Waals surface area (Å²) in [5, 5.41) is 12.4. The number of para-hydroxylation sites is 1. The van der Waals surface area contributed by atoms with Crippen molar-refractivity contribution in [3.05, 3.63) is 89.8 Å². The Bertz CT molecular complexity index is 1090. The van der Waals surface area contributed by atoms with Crippen LogP contribution in [0.2, 0.25) is 0 Å². The van der Waals surface area contributed by atoms with Gasteiger partial charge in [0, 0.05) is 29.4 Å². The summed E-state index contributed by atoms with van der Waals surface area (Å²) in [5.74, 6) is 0.849. The van der Waals surface area contributed by atoms with Crippen molar-refractivity contribution >= 4 is 0 Å². The average molecular weight is 403 g/mol. The van der Waals surface area contributed by atoms with Gasteiger partial charge in [0.1, 0.15) is 18.4 Å². The minimum absolute atomic E-state index is 0.170. The van der Waals surface area contributed by atoms with Crippen LogP contribution in [0.25, 0.3) is 5.69 Å². The van der Waals surface area contributed by atoms with Gasteiger partial charge in [-0.1, -0.05) is 24.3 Å². The fraction of sp³-hybridized carbons (Fsp3) is 0.261. The third kappa shape index (κ3) is 4.26. The molecule has 0 aliphatic rings. The van der Waals surface area contributed by atoms with Crippen molar-refractivity contribution in [3.63, 3.8) is 0 Å². The predicted octanol–water partition coefficient (Wildman–Crippen LogP) is 3.68. The molecule has 4 aromatic rings. The monoisotopic (exact) mass is 402 g/mol. The number of nitrogens with zero attached hydrogens (tertiary/aromatic N) is 5. The minimum Gasteiger partial charge on any atom is -0.496 e. The van der Waals surface area contributed by atoms with Crippen molar-refractivity contribution in [2.45, 2.75) is 33.0 Å². The zero-order valence-corrected chi connectivity index (χ0v) is 17.5. The van der Waals surface area contributed by atoms with Crippen LogP contribution in [0.15, 0.2) is 67.4 Å². The lowest BCUT2D eigenvalue weighted by Gasteiger charge is -2.16. The normalized spacial score (nSPS) is 12.1. The molecule has 1 N–H and O–H groups in total. The fourth-order valence-corrected chi connectivity index (χ4v) is 3.61. The summed E-state index contributed by atoms with van der Waals surface area (Å²) in [5.41, 5.74) is 5.66. The molecule has 0 fully saturated rings. The molecule has 2 heterocycles. The number of nitrogens with one attached hydrogen (secondary N) is 1. The summed E-state index contributed by atoms with van der Waals surface area (Å²) >= 11 is 0. The van der Waals surface area contributed by atoms with Crippen LogP contribution < -0.4 is 10.1 Å². The topological polar surface area (TPSA) is 69.8 Å². The summed E-state index contributed by atoms with van der Waals surface area (Å²) in [7, 11) is 1.69. The van der Waals surface area contributed by atoms with Gasteiger partial charge in [-0.25, -0.2) is 14.3 Å². The fourth-order valence-electron chi connectivity index (χ4n) is 3.61. The van der Waals surface area contributed by atoms with Gasteiger partial charge in [-0.3, -0.25) is 0 Å². The van der Waals surface area contributed by atoms with Crippen LogP contribution in [0.4, 0.5) is 0 Å². The summed E-state index contributed by atoms with van der Waals surface area (Å²) in [4.78, 5) is 4.01. The third-order valence-electron chi connectivity index (χ3n) is 5.27. The zero-order chi connectivity index (χ0) is 20.9. The molecule has 0 radical (unpaired) electrons. The first-order valence-electron chi connectivity index (χ1n) is 9.97.